The third-order valence-electron chi connectivity index (χ3n) is 5.42. The zero-order valence-corrected chi connectivity index (χ0v) is 16.0. The topological polar surface area (TPSA) is 106 Å². The SMILES string of the molecule is COc1nc2ccccc2cc1-c1cnc(C2(CCCCN)CCC(=O)N2)[nH]1. The van der Waals surface area contributed by atoms with Gasteiger partial charge in [0.2, 0.25) is 11.8 Å². The van der Waals surface area contributed by atoms with Crippen molar-refractivity contribution >= 4 is 16.8 Å². The van der Waals surface area contributed by atoms with Crippen molar-refractivity contribution in [2.75, 3.05) is 13.7 Å². The zero-order valence-electron chi connectivity index (χ0n) is 16.0. The molecule has 3 aromatic rings. The maximum Gasteiger partial charge on any atom is 0.223 e. The van der Waals surface area contributed by atoms with E-state index < -0.39 is 5.54 Å². The molecule has 146 valence electrons. The average Bonchev–Trinajstić information content (AvgIpc) is 3.35. The average molecular weight is 379 g/mol. The Hall–Kier alpha value is -2.93. The van der Waals surface area contributed by atoms with Gasteiger partial charge in [-0.2, -0.15) is 0 Å². The van der Waals surface area contributed by atoms with E-state index in [0.717, 1.165) is 53.7 Å². The first-order valence-corrected chi connectivity index (χ1v) is 9.66. The van der Waals surface area contributed by atoms with E-state index in [-0.39, 0.29) is 5.91 Å². The molecule has 3 heterocycles. The molecule has 7 heteroatoms. The third-order valence-corrected chi connectivity index (χ3v) is 5.42. The van der Waals surface area contributed by atoms with Crippen LogP contribution in [0, 0.1) is 0 Å². The van der Waals surface area contributed by atoms with E-state index in [1.165, 1.54) is 0 Å². The number of carbonyl (C=O) groups is 1. The van der Waals surface area contributed by atoms with Crippen LogP contribution >= 0.6 is 0 Å². The van der Waals surface area contributed by atoms with Crippen molar-refractivity contribution in [2.45, 2.75) is 37.6 Å². The highest BCUT2D eigenvalue weighted by Gasteiger charge is 2.41. The molecule has 7 nitrogen and oxygen atoms in total. The lowest BCUT2D eigenvalue weighted by Crippen LogP contribution is -2.40. The Balaban J connectivity index is 1.72. The smallest absolute Gasteiger partial charge is 0.223 e. The van der Waals surface area contributed by atoms with E-state index in [2.05, 4.69) is 20.3 Å². The predicted molar refractivity (Wildman–Crippen MR) is 108 cm³/mol. The lowest BCUT2D eigenvalue weighted by Gasteiger charge is -2.27. The molecule has 0 spiro atoms. The minimum atomic E-state index is -0.456. The van der Waals surface area contributed by atoms with E-state index in [9.17, 15) is 4.79 Å². The second-order valence-corrected chi connectivity index (χ2v) is 7.26. The van der Waals surface area contributed by atoms with Gasteiger partial charge in [-0.05, 0) is 44.4 Å². The number of carbonyl (C=O) groups excluding carboxylic acids is 1. The van der Waals surface area contributed by atoms with Crippen molar-refractivity contribution in [1.29, 1.82) is 0 Å². The van der Waals surface area contributed by atoms with Crippen LogP contribution in [-0.2, 0) is 10.3 Å². The molecule has 0 aliphatic carbocycles. The number of amides is 1. The summed E-state index contributed by atoms with van der Waals surface area (Å²) in [6.45, 7) is 0.646. The normalized spacial score (nSPS) is 19.1. The minimum absolute atomic E-state index is 0.0654. The number of methoxy groups -OCH3 is 1. The Morgan fingerprint density at radius 1 is 1.29 bits per heavy atom. The summed E-state index contributed by atoms with van der Waals surface area (Å²) in [6.07, 6.45) is 5.71. The predicted octanol–water partition coefficient (Wildman–Crippen LogP) is 2.87. The number of aromatic amines is 1. The van der Waals surface area contributed by atoms with Crippen LogP contribution in [0.3, 0.4) is 0 Å². The number of H-pyrrole nitrogens is 1. The van der Waals surface area contributed by atoms with Gasteiger partial charge in [0.25, 0.3) is 0 Å². The number of ether oxygens (including phenoxy) is 1. The van der Waals surface area contributed by atoms with E-state index in [1.54, 1.807) is 13.3 Å². The molecule has 1 saturated heterocycles. The number of nitrogens with two attached hydrogens (primary N) is 1. The van der Waals surface area contributed by atoms with Gasteiger partial charge < -0.3 is 20.8 Å². The quantitative estimate of drug-likeness (QED) is 0.547. The molecule has 0 saturated carbocycles. The van der Waals surface area contributed by atoms with Crippen LogP contribution in [-0.4, -0.2) is 34.5 Å². The number of nitrogens with one attached hydrogen (secondary N) is 2. The molecular weight excluding hydrogens is 354 g/mol. The highest BCUT2D eigenvalue weighted by molar-refractivity contribution is 5.85. The number of nitrogens with zero attached hydrogens (tertiary/aromatic N) is 2. The number of benzene rings is 1. The molecule has 1 aliphatic rings. The third kappa shape index (κ3) is 3.33. The Morgan fingerprint density at radius 2 is 2.14 bits per heavy atom. The van der Waals surface area contributed by atoms with Crippen molar-refractivity contribution < 1.29 is 9.53 Å². The molecule has 1 unspecified atom stereocenters. The first-order valence-electron chi connectivity index (χ1n) is 9.66. The van der Waals surface area contributed by atoms with Crippen molar-refractivity contribution in [2.24, 2.45) is 5.73 Å². The molecule has 1 atom stereocenters. The fourth-order valence-corrected chi connectivity index (χ4v) is 3.92. The van der Waals surface area contributed by atoms with E-state index in [0.29, 0.717) is 18.8 Å². The van der Waals surface area contributed by atoms with E-state index in [4.69, 9.17) is 10.5 Å². The summed E-state index contributed by atoms with van der Waals surface area (Å²) in [5.41, 5.74) is 7.74. The Morgan fingerprint density at radius 3 is 2.89 bits per heavy atom. The van der Waals surface area contributed by atoms with Crippen LogP contribution in [0.2, 0.25) is 0 Å². The van der Waals surface area contributed by atoms with Crippen molar-refractivity contribution in [3.63, 3.8) is 0 Å². The summed E-state index contributed by atoms with van der Waals surface area (Å²) in [6, 6.07) is 9.97. The number of hydrogen-bond acceptors (Lipinski definition) is 5. The van der Waals surface area contributed by atoms with Gasteiger partial charge in [0.05, 0.1) is 35.6 Å². The molecule has 1 aromatic carbocycles. The van der Waals surface area contributed by atoms with Crippen LogP contribution in [0.5, 0.6) is 5.88 Å². The summed E-state index contributed by atoms with van der Waals surface area (Å²) in [5.74, 6) is 1.39. The fourth-order valence-electron chi connectivity index (χ4n) is 3.92. The van der Waals surface area contributed by atoms with Gasteiger partial charge in [-0.25, -0.2) is 9.97 Å². The second-order valence-electron chi connectivity index (χ2n) is 7.26. The van der Waals surface area contributed by atoms with Crippen LogP contribution < -0.4 is 15.8 Å². The van der Waals surface area contributed by atoms with Gasteiger partial charge in [-0.3, -0.25) is 4.79 Å². The number of rotatable bonds is 7. The van der Waals surface area contributed by atoms with Gasteiger partial charge in [0.1, 0.15) is 5.82 Å². The summed E-state index contributed by atoms with van der Waals surface area (Å²) >= 11 is 0. The van der Waals surface area contributed by atoms with Crippen LogP contribution in [0.25, 0.3) is 22.2 Å². The van der Waals surface area contributed by atoms with Crippen LogP contribution in [0.1, 0.15) is 37.9 Å². The Bertz CT molecular complexity index is 999. The first-order chi connectivity index (χ1) is 13.6. The van der Waals surface area contributed by atoms with Crippen molar-refractivity contribution in [3.8, 4) is 17.1 Å². The number of hydrogen-bond donors (Lipinski definition) is 3. The van der Waals surface area contributed by atoms with Gasteiger partial charge in [-0.15, -0.1) is 0 Å². The maximum atomic E-state index is 12.0. The molecular formula is C21H25N5O2. The van der Waals surface area contributed by atoms with Gasteiger partial charge in [0, 0.05) is 11.8 Å². The van der Waals surface area contributed by atoms with Crippen LogP contribution in [0.15, 0.2) is 36.5 Å². The summed E-state index contributed by atoms with van der Waals surface area (Å²) in [4.78, 5) is 24.6. The monoisotopic (exact) mass is 379 g/mol. The summed E-state index contributed by atoms with van der Waals surface area (Å²) < 4.78 is 5.52. The molecule has 0 bridgehead atoms. The molecule has 1 fully saturated rings. The molecule has 0 radical (unpaired) electrons. The highest BCUT2D eigenvalue weighted by Crippen LogP contribution is 2.37. The summed E-state index contributed by atoms with van der Waals surface area (Å²) in [5, 5.41) is 4.17. The lowest BCUT2D eigenvalue weighted by atomic mass is 9.90. The number of para-hydroxylation sites is 1. The van der Waals surface area contributed by atoms with Crippen LogP contribution in [0.4, 0.5) is 0 Å². The van der Waals surface area contributed by atoms with Gasteiger partial charge >= 0.3 is 0 Å². The molecule has 1 aliphatic heterocycles. The number of aromatic nitrogens is 3. The van der Waals surface area contributed by atoms with E-state index in [1.807, 2.05) is 30.3 Å². The summed E-state index contributed by atoms with van der Waals surface area (Å²) in [7, 11) is 1.61. The molecule has 1 amide bonds. The standard InChI is InChI=1S/C21H25N5O2/c1-28-19-15(12-14-6-2-3-7-16(14)24-19)17-13-23-20(25-17)21(9-4-5-11-22)10-8-18(27)26-21/h2-3,6-7,12-13H,4-5,8-11,22H2,1H3,(H,23,25)(H,26,27). The highest BCUT2D eigenvalue weighted by atomic mass is 16.5. The zero-order chi connectivity index (χ0) is 19.6. The van der Waals surface area contributed by atoms with E-state index >= 15 is 0 Å². The molecule has 4 N–H and O–H groups in total. The largest absolute Gasteiger partial charge is 0.480 e. The van der Waals surface area contributed by atoms with Gasteiger partial charge in [-0.1, -0.05) is 18.2 Å². The lowest BCUT2D eigenvalue weighted by molar-refractivity contribution is -0.119. The minimum Gasteiger partial charge on any atom is -0.480 e. The number of unbranched alkanes of at least 4 members (excludes halogenated alkanes) is 1. The molecule has 28 heavy (non-hydrogen) atoms. The van der Waals surface area contributed by atoms with Crippen molar-refractivity contribution in [1.82, 2.24) is 20.3 Å². The Kier molecular flexibility index (Phi) is 5.00. The number of imidazole rings is 1. The molecule has 2 aromatic heterocycles. The second kappa shape index (κ2) is 7.59. The molecule has 4 rings (SSSR count). The fraction of sp³-hybridized carbons (Fsp3) is 0.381. The van der Waals surface area contributed by atoms with Crippen molar-refractivity contribution in [3.05, 3.63) is 42.4 Å². The Labute approximate surface area is 163 Å². The number of fused-ring (bicyclic) bond motifs is 1. The maximum absolute atomic E-state index is 12.0. The van der Waals surface area contributed by atoms with Gasteiger partial charge in [0.15, 0.2) is 0 Å². The first kappa shape index (κ1) is 18.4. The number of pyridine rings is 1.